The van der Waals surface area contributed by atoms with E-state index in [0.717, 1.165) is 16.3 Å². The van der Waals surface area contributed by atoms with Gasteiger partial charge in [0.15, 0.2) is 0 Å². The molecule has 2 rings (SSSR count). The second kappa shape index (κ2) is 3.50. The predicted octanol–water partition coefficient (Wildman–Crippen LogP) is 2.98. The van der Waals surface area contributed by atoms with Gasteiger partial charge in [-0.05, 0) is 31.5 Å². The van der Waals surface area contributed by atoms with E-state index < -0.39 is 0 Å². The smallest absolute Gasteiger partial charge is 0.0672 e. The monoisotopic (exact) mass is 204 g/mol. The fourth-order valence-corrected chi connectivity index (χ4v) is 1.86. The second-order valence-electron chi connectivity index (χ2n) is 3.36. The van der Waals surface area contributed by atoms with Crippen LogP contribution in [0.3, 0.4) is 0 Å². The zero-order valence-electron chi connectivity index (χ0n) is 8.20. The normalized spacial score (nSPS) is 10.5. The van der Waals surface area contributed by atoms with Gasteiger partial charge >= 0.3 is 0 Å². The van der Waals surface area contributed by atoms with Crippen LogP contribution in [0.4, 0.5) is 0 Å². The molecule has 1 aromatic heterocycles. The predicted molar refractivity (Wildman–Crippen MR) is 60.7 cm³/mol. The van der Waals surface area contributed by atoms with Gasteiger partial charge in [0.2, 0.25) is 0 Å². The summed E-state index contributed by atoms with van der Waals surface area (Å²) in [6.45, 7) is 4.03. The molecule has 0 spiro atoms. The third-order valence-electron chi connectivity index (χ3n) is 2.26. The molecule has 2 nitrogen and oxygen atoms in total. The quantitative estimate of drug-likeness (QED) is 0.687. The standard InChI is InChI=1S/C11H12N2S/c1-7-11(8(2)13-12-7)9-4-3-5-10(14)6-9/h3-6,14H,1-2H3,(H,12,13). The van der Waals surface area contributed by atoms with E-state index in [2.05, 4.69) is 28.9 Å². The maximum absolute atomic E-state index is 4.32. The molecule has 1 aromatic carbocycles. The van der Waals surface area contributed by atoms with Crippen molar-refractivity contribution in [1.82, 2.24) is 10.2 Å². The Kier molecular flexibility index (Phi) is 2.33. The number of aromatic nitrogens is 2. The lowest BCUT2D eigenvalue weighted by Gasteiger charge is -2.01. The summed E-state index contributed by atoms with van der Waals surface area (Å²) in [6, 6.07) is 8.10. The van der Waals surface area contributed by atoms with Crippen molar-refractivity contribution in [3.05, 3.63) is 35.7 Å². The molecule has 0 aliphatic heterocycles. The van der Waals surface area contributed by atoms with E-state index in [1.54, 1.807) is 0 Å². The van der Waals surface area contributed by atoms with Crippen molar-refractivity contribution < 1.29 is 0 Å². The summed E-state index contributed by atoms with van der Waals surface area (Å²) in [6.07, 6.45) is 0. The number of aromatic amines is 1. The van der Waals surface area contributed by atoms with Crippen molar-refractivity contribution in [2.45, 2.75) is 18.7 Å². The molecule has 72 valence electrons. The Labute approximate surface area is 88.8 Å². The average Bonchev–Trinajstić information content (AvgIpc) is 2.46. The molecule has 0 fully saturated rings. The lowest BCUT2D eigenvalue weighted by atomic mass is 10.0. The molecule has 14 heavy (non-hydrogen) atoms. The van der Waals surface area contributed by atoms with Crippen LogP contribution in [0.25, 0.3) is 11.1 Å². The number of benzene rings is 1. The SMILES string of the molecule is Cc1n[nH]c(C)c1-c1cccc(S)c1. The summed E-state index contributed by atoms with van der Waals surface area (Å²) in [5.74, 6) is 0. The largest absolute Gasteiger partial charge is 0.282 e. The van der Waals surface area contributed by atoms with Gasteiger partial charge in [0, 0.05) is 16.2 Å². The first-order valence-corrected chi connectivity index (χ1v) is 4.94. The molecule has 0 unspecified atom stereocenters. The Morgan fingerprint density at radius 1 is 1.29 bits per heavy atom. The first-order valence-electron chi connectivity index (χ1n) is 4.49. The Balaban J connectivity index is 2.59. The minimum Gasteiger partial charge on any atom is -0.282 e. The fourth-order valence-electron chi connectivity index (χ4n) is 1.64. The molecular weight excluding hydrogens is 192 g/mol. The van der Waals surface area contributed by atoms with Crippen LogP contribution < -0.4 is 0 Å². The van der Waals surface area contributed by atoms with Crippen LogP contribution >= 0.6 is 12.6 Å². The van der Waals surface area contributed by atoms with E-state index in [0.29, 0.717) is 0 Å². The maximum Gasteiger partial charge on any atom is 0.0672 e. The van der Waals surface area contributed by atoms with Crippen LogP contribution in [-0.2, 0) is 0 Å². The van der Waals surface area contributed by atoms with Crippen molar-refractivity contribution >= 4 is 12.6 Å². The Bertz CT molecular complexity index is 441. The van der Waals surface area contributed by atoms with Crippen LogP contribution in [-0.4, -0.2) is 10.2 Å². The third kappa shape index (κ3) is 1.55. The number of nitrogens with one attached hydrogen (secondary N) is 1. The molecule has 0 aliphatic carbocycles. The molecule has 0 atom stereocenters. The fraction of sp³-hybridized carbons (Fsp3) is 0.182. The summed E-state index contributed by atoms with van der Waals surface area (Å²) in [5.41, 5.74) is 4.48. The topological polar surface area (TPSA) is 28.7 Å². The van der Waals surface area contributed by atoms with Crippen LogP contribution in [0.5, 0.6) is 0 Å². The Morgan fingerprint density at radius 3 is 2.64 bits per heavy atom. The number of H-pyrrole nitrogens is 1. The van der Waals surface area contributed by atoms with E-state index >= 15 is 0 Å². The van der Waals surface area contributed by atoms with Gasteiger partial charge in [-0.25, -0.2) is 0 Å². The first kappa shape index (κ1) is 9.34. The van der Waals surface area contributed by atoms with Gasteiger partial charge in [-0.3, -0.25) is 5.10 Å². The highest BCUT2D eigenvalue weighted by molar-refractivity contribution is 7.80. The highest BCUT2D eigenvalue weighted by Gasteiger charge is 2.08. The first-order chi connectivity index (χ1) is 6.68. The molecule has 0 saturated carbocycles. The maximum atomic E-state index is 4.32. The zero-order chi connectivity index (χ0) is 10.1. The molecular formula is C11H12N2S. The van der Waals surface area contributed by atoms with Crippen molar-refractivity contribution in [1.29, 1.82) is 0 Å². The molecule has 0 bridgehead atoms. The van der Waals surface area contributed by atoms with Crippen molar-refractivity contribution in [3.8, 4) is 11.1 Å². The van der Waals surface area contributed by atoms with Crippen molar-refractivity contribution in [2.75, 3.05) is 0 Å². The van der Waals surface area contributed by atoms with Crippen molar-refractivity contribution in [3.63, 3.8) is 0 Å². The number of thiol groups is 1. The van der Waals surface area contributed by atoms with E-state index in [1.165, 1.54) is 11.1 Å². The lowest BCUT2D eigenvalue weighted by molar-refractivity contribution is 1.02. The van der Waals surface area contributed by atoms with E-state index in [4.69, 9.17) is 0 Å². The van der Waals surface area contributed by atoms with Gasteiger partial charge in [0.1, 0.15) is 0 Å². The van der Waals surface area contributed by atoms with E-state index in [-0.39, 0.29) is 0 Å². The number of rotatable bonds is 1. The van der Waals surface area contributed by atoms with Crippen LogP contribution in [0.2, 0.25) is 0 Å². The second-order valence-corrected chi connectivity index (χ2v) is 3.88. The molecule has 1 heterocycles. The molecule has 0 radical (unpaired) electrons. The molecule has 0 saturated heterocycles. The molecule has 0 amide bonds. The van der Waals surface area contributed by atoms with Crippen LogP contribution in [0.1, 0.15) is 11.4 Å². The van der Waals surface area contributed by atoms with Gasteiger partial charge in [-0.2, -0.15) is 5.10 Å². The van der Waals surface area contributed by atoms with Gasteiger partial charge < -0.3 is 0 Å². The van der Waals surface area contributed by atoms with E-state index in [1.807, 2.05) is 32.0 Å². The van der Waals surface area contributed by atoms with Gasteiger partial charge in [-0.15, -0.1) is 12.6 Å². The summed E-state index contributed by atoms with van der Waals surface area (Å²) in [4.78, 5) is 0.975. The number of hydrogen-bond donors (Lipinski definition) is 2. The minimum atomic E-state index is 0.975. The minimum absolute atomic E-state index is 0.975. The Hall–Kier alpha value is -1.22. The molecule has 2 aromatic rings. The Morgan fingerprint density at radius 2 is 2.07 bits per heavy atom. The lowest BCUT2D eigenvalue weighted by Crippen LogP contribution is -1.81. The number of hydrogen-bond acceptors (Lipinski definition) is 2. The van der Waals surface area contributed by atoms with Gasteiger partial charge in [0.05, 0.1) is 5.69 Å². The van der Waals surface area contributed by atoms with Gasteiger partial charge in [-0.1, -0.05) is 12.1 Å². The third-order valence-corrected chi connectivity index (χ3v) is 2.54. The van der Waals surface area contributed by atoms with Crippen LogP contribution in [0, 0.1) is 13.8 Å². The van der Waals surface area contributed by atoms with Gasteiger partial charge in [0.25, 0.3) is 0 Å². The van der Waals surface area contributed by atoms with Crippen molar-refractivity contribution in [2.24, 2.45) is 0 Å². The summed E-state index contributed by atoms with van der Waals surface area (Å²) in [7, 11) is 0. The van der Waals surface area contributed by atoms with Crippen LogP contribution in [0.15, 0.2) is 29.2 Å². The molecule has 3 heteroatoms. The molecule has 1 N–H and O–H groups in total. The average molecular weight is 204 g/mol. The zero-order valence-corrected chi connectivity index (χ0v) is 9.10. The summed E-state index contributed by atoms with van der Waals surface area (Å²) in [5, 5.41) is 7.15. The summed E-state index contributed by atoms with van der Waals surface area (Å²) < 4.78 is 0. The molecule has 0 aliphatic rings. The highest BCUT2D eigenvalue weighted by Crippen LogP contribution is 2.26. The number of nitrogens with zero attached hydrogens (tertiary/aromatic N) is 1. The van der Waals surface area contributed by atoms with E-state index in [9.17, 15) is 0 Å². The summed E-state index contributed by atoms with van der Waals surface area (Å²) >= 11 is 4.32. The highest BCUT2D eigenvalue weighted by atomic mass is 32.1. The number of aryl methyl sites for hydroxylation is 2.